The number of aryl methyl sites for hydroxylation is 2. The van der Waals surface area contributed by atoms with Gasteiger partial charge in [0.05, 0.1) is 0 Å². The highest BCUT2D eigenvalue weighted by atomic mass is 16.5. The van der Waals surface area contributed by atoms with Gasteiger partial charge in [0.25, 0.3) is 5.56 Å². The number of hydrogen-bond donors (Lipinski definition) is 5. The predicted octanol–water partition coefficient (Wildman–Crippen LogP) is 5.41. The van der Waals surface area contributed by atoms with Crippen molar-refractivity contribution in [3.63, 3.8) is 0 Å². The summed E-state index contributed by atoms with van der Waals surface area (Å²) in [4.78, 5) is 18.5. The van der Waals surface area contributed by atoms with Crippen molar-refractivity contribution in [1.82, 2.24) is 36.1 Å². The summed E-state index contributed by atoms with van der Waals surface area (Å²) in [5.74, 6) is 0. The molecule has 6 aliphatic rings. The molecule has 2 fully saturated rings. The van der Waals surface area contributed by atoms with Gasteiger partial charge in [0, 0.05) is 94.9 Å². The summed E-state index contributed by atoms with van der Waals surface area (Å²) >= 11 is 0. The average molecular weight is 747 g/mol. The minimum absolute atomic E-state index is 0.000556. The van der Waals surface area contributed by atoms with Gasteiger partial charge < -0.3 is 31.5 Å². The summed E-state index contributed by atoms with van der Waals surface area (Å²) in [6.07, 6.45) is 18.9. The van der Waals surface area contributed by atoms with Crippen molar-refractivity contribution in [2.45, 2.75) is 93.2 Å². The Balaban J connectivity index is 0.000000226. The molecule has 54 heavy (non-hydrogen) atoms. The standard InChI is InChI=1S/C10H18N2.C9H16N2.C7H9NO.C6H11N.C5H5NO.C5H9N.C2H6/c1-9-3-6-12(7-4-9)10-2-5-11-8-10;1-8-3-5-11(7-8)9-2-4-10-6-9;1-5-3-6(2)7(9)8-4-5;1-6-2-4-7-5-3-6;7-6-4-2-1-3-5-6;1-5-2-3-6-4-5;1-2/h3,10-11H,2,4-8H2,1H3;3,9-10H,2,4-7H2,1H3;3-4H,1-2H3,(H,8,9);2,7H,3-5H2,1H3;1-5H;2,6H,3-4H2,1H3;1-2H3. The molecule has 10 heteroatoms. The van der Waals surface area contributed by atoms with Gasteiger partial charge in [-0.1, -0.05) is 66.5 Å². The number of hydrogen-bond acceptors (Lipinski definition) is 8. The lowest BCUT2D eigenvalue weighted by Gasteiger charge is -2.30. The number of nitrogens with zero attached hydrogens (tertiary/aromatic N) is 3. The van der Waals surface area contributed by atoms with E-state index in [4.69, 9.17) is 0 Å². The zero-order chi connectivity index (χ0) is 39.6. The van der Waals surface area contributed by atoms with Crippen LogP contribution in [0.5, 0.6) is 0 Å². The van der Waals surface area contributed by atoms with Crippen LogP contribution in [-0.2, 0) is 0 Å². The van der Waals surface area contributed by atoms with Gasteiger partial charge in [-0.05, 0) is 98.5 Å². The van der Waals surface area contributed by atoms with Crippen LogP contribution in [0.15, 0.2) is 94.2 Å². The molecule has 0 aromatic carbocycles. The third-order valence-corrected chi connectivity index (χ3v) is 9.91. The van der Waals surface area contributed by atoms with E-state index in [1.807, 2.05) is 26.8 Å². The molecular weight excluding hydrogens is 673 g/mol. The zero-order valence-corrected chi connectivity index (χ0v) is 35.0. The van der Waals surface area contributed by atoms with Gasteiger partial charge in [-0.25, -0.2) is 0 Å². The summed E-state index contributed by atoms with van der Waals surface area (Å²) < 4.78 is 0.750. The third kappa shape index (κ3) is 20.3. The number of pyridine rings is 2. The fourth-order valence-electron chi connectivity index (χ4n) is 6.47. The number of rotatable bonds is 2. The first-order chi connectivity index (χ1) is 26.1. The lowest BCUT2D eigenvalue weighted by molar-refractivity contribution is -0.605. The van der Waals surface area contributed by atoms with Crippen molar-refractivity contribution in [3.05, 3.63) is 116 Å². The zero-order valence-electron chi connectivity index (χ0n) is 35.0. The van der Waals surface area contributed by atoms with E-state index in [9.17, 15) is 10.0 Å². The topological polar surface area (TPSA) is 114 Å². The molecule has 0 bridgehead atoms. The van der Waals surface area contributed by atoms with Crippen molar-refractivity contribution in [2.75, 3.05) is 78.5 Å². The SMILES string of the molecule is CC.CC1=CCN(C2CCNC2)C1.CC1=CCN(C2CCNC2)CC1.CC1=CCNC1.CC1=CCNCC1.Cc1c[nH]c(=O)c(C)c1.[O-][n+]1ccccc1. The number of aromatic amines is 1. The summed E-state index contributed by atoms with van der Waals surface area (Å²) in [5.41, 5.74) is 7.96. The van der Waals surface area contributed by atoms with Crippen molar-refractivity contribution < 1.29 is 4.73 Å². The Morgan fingerprint density at radius 3 is 1.65 bits per heavy atom. The van der Waals surface area contributed by atoms with Crippen LogP contribution in [0, 0.1) is 19.1 Å². The monoisotopic (exact) mass is 747 g/mol. The maximum Gasteiger partial charge on any atom is 0.250 e. The van der Waals surface area contributed by atoms with E-state index < -0.39 is 0 Å². The first-order valence-electron chi connectivity index (χ1n) is 20.3. The van der Waals surface area contributed by atoms with Gasteiger partial charge in [-0.2, -0.15) is 4.73 Å². The summed E-state index contributed by atoms with van der Waals surface area (Å²) in [5, 5.41) is 23.4. The normalized spacial score (nSPS) is 21.8. The molecule has 302 valence electrons. The Morgan fingerprint density at radius 1 is 0.685 bits per heavy atom. The second-order valence-electron chi connectivity index (χ2n) is 14.7. The highest BCUT2D eigenvalue weighted by molar-refractivity contribution is 5.14. The minimum Gasteiger partial charge on any atom is -0.619 e. The van der Waals surface area contributed by atoms with Gasteiger partial charge >= 0.3 is 0 Å². The summed E-state index contributed by atoms with van der Waals surface area (Å²) in [7, 11) is 0. The van der Waals surface area contributed by atoms with E-state index >= 15 is 0 Å². The van der Waals surface area contributed by atoms with Gasteiger partial charge in [-0.3, -0.25) is 14.6 Å². The molecule has 0 amide bonds. The molecule has 2 saturated heterocycles. The molecule has 2 unspecified atom stereocenters. The molecular formula is C44H74N8O2. The molecule has 0 aliphatic carbocycles. The van der Waals surface area contributed by atoms with Crippen molar-refractivity contribution in [3.8, 4) is 0 Å². The Labute approximate surface area is 327 Å². The van der Waals surface area contributed by atoms with Crippen molar-refractivity contribution in [1.29, 1.82) is 0 Å². The molecule has 8 rings (SSSR count). The van der Waals surface area contributed by atoms with E-state index in [0.29, 0.717) is 0 Å². The van der Waals surface area contributed by atoms with Crippen LogP contribution in [0.2, 0.25) is 0 Å². The molecule has 0 radical (unpaired) electrons. The molecule has 8 heterocycles. The molecule has 2 aromatic rings. The maximum absolute atomic E-state index is 10.7. The second kappa shape index (κ2) is 28.1. The average Bonchev–Trinajstić information content (AvgIpc) is 4.03. The van der Waals surface area contributed by atoms with E-state index in [-0.39, 0.29) is 5.56 Å². The van der Waals surface area contributed by atoms with Crippen molar-refractivity contribution >= 4 is 0 Å². The van der Waals surface area contributed by atoms with Gasteiger partial charge in [0.15, 0.2) is 12.4 Å². The molecule has 10 nitrogen and oxygen atoms in total. The van der Waals surface area contributed by atoms with Crippen LogP contribution in [-0.4, -0.2) is 105 Å². The lowest BCUT2D eigenvalue weighted by atomic mass is 10.1. The Kier molecular flexibility index (Phi) is 24.3. The number of nitrogens with one attached hydrogen (secondary N) is 5. The van der Waals surface area contributed by atoms with Gasteiger partial charge in [0.2, 0.25) is 0 Å². The fourth-order valence-corrected chi connectivity index (χ4v) is 6.47. The first-order valence-corrected chi connectivity index (χ1v) is 20.3. The molecule has 0 saturated carbocycles. The lowest BCUT2D eigenvalue weighted by Crippen LogP contribution is -2.39. The van der Waals surface area contributed by atoms with Crippen LogP contribution >= 0.6 is 0 Å². The van der Waals surface area contributed by atoms with E-state index in [1.165, 1.54) is 114 Å². The van der Waals surface area contributed by atoms with E-state index in [1.54, 1.807) is 36.9 Å². The highest BCUT2D eigenvalue weighted by Gasteiger charge is 2.24. The second-order valence-corrected chi connectivity index (χ2v) is 14.7. The fraction of sp³-hybridized carbons (Fsp3) is 0.591. The summed E-state index contributed by atoms with van der Waals surface area (Å²) in [6.45, 7) is 30.6. The molecule has 6 aliphatic heterocycles. The van der Waals surface area contributed by atoms with Crippen LogP contribution < -0.4 is 31.6 Å². The number of aromatic nitrogens is 2. The first kappa shape index (κ1) is 46.8. The Morgan fingerprint density at radius 2 is 1.28 bits per heavy atom. The molecule has 2 atom stereocenters. The Bertz CT molecular complexity index is 1470. The predicted molar refractivity (Wildman–Crippen MR) is 229 cm³/mol. The minimum atomic E-state index is 0.000556. The van der Waals surface area contributed by atoms with E-state index in [2.05, 4.69) is 88.0 Å². The molecule has 0 spiro atoms. The number of H-pyrrole nitrogens is 1. The Hall–Kier alpha value is -3.38. The highest BCUT2D eigenvalue weighted by Crippen LogP contribution is 2.16. The third-order valence-electron chi connectivity index (χ3n) is 9.91. The van der Waals surface area contributed by atoms with Crippen LogP contribution in [0.3, 0.4) is 0 Å². The van der Waals surface area contributed by atoms with Crippen LogP contribution in [0.4, 0.5) is 0 Å². The van der Waals surface area contributed by atoms with Gasteiger partial charge in [-0.15, -0.1) is 0 Å². The maximum atomic E-state index is 10.7. The summed E-state index contributed by atoms with van der Waals surface area (Å²) in [6, 6.07) is 8.66. The molecule has 5 N–H and O–H groups in total. The van der Waals surface area contributed by atoms with Crippen LogP contribution in [0.25, 0.3) is 0 Å². The smallest absolute Gasteiger partial charge is 0.250 e. The largest absolute Gasteiger partial charge is 0.619 e. The molecule has 2 aromatic heterocycles. The van der Waals surface area contributed by atoms with Crippen LogP contribution in [0.1, 0.15) is 78.4 Å². The van der Waals surface area contributed by atoms with E-state index in [0.717, 1.165) is 47.6 Å². The van der Waals surface area contributed by atoms with Crippen molar-refractivity contribution in [2.24, 2.45) is 0 Å². The quantitative estimate of drug-likeness (QED) is 0.158. The van der Waals surface area contributed by atoms with Gasteiger partial charge in [0.1, 0.15) is 0 Å².